The average Bonchev–Trinajstić information content (AvgIpc) is 2.37. The molecule has 0 saturated heterocycles. The number of ether oxygens (including phenoxy) is 1. The molecule has 0 amide bonds. The molecule has 0 bridgehead atoms. The van der Waals surface area contributed by atoms with Gasteiger partial charge in [-0.15, -0.1) is 10.2 Å². The molecule has 100 valence electrons. The van der Waals surface area contributed by atoms with Crippen LogP contribution in [0.1, 0.15) is 0 Å². The third-order valence-electron chi connectivity index (χ3n) is 2.09. The molecular formula is C11H9F3N4O. The lowest BCUT2D eigenvalue weighted by Gasteiger charge is -2.11. The zero-order valence-corrected chi connectivity index (χ0v) is 9.55. The molecule has 5 nitrogen and oxygen atoms in total. The van der Waals surface area contributed by atoms with Crippen LogP contribution < -0.4 is 10.5 Å². The maximum absolute atomic E-state index is 12.1. The topological polar surface area (TPSA) is 73.9 Å². The number of nitrogen functional groups attached to an aromatic ring is 1. The van der Waals surface area contributed by atoms with Gasteiger partial charge in [-0.1, -0.05) is 30.3 Å². The predicted octanol–water partition coefficient (Wildman–Crippen LogP) is 2.06. The first-order valence-electron chi connectivity index (χ1n) is 5.21. The van der Waals surface area contributed by atoms with Crippen LogP contribution in [0.3, 0.4) is 0 Å². The van der Waals surface area contributed by atoms with Crippen molar-refractivity contribution < 1.29 is 17.9 Å². The van der Waals surface area contributed by atoms with Crippen LogP contribution in [0.25, 0.3) is 11.3 Å². The summed E-state index contributed by atoms with van der Waals surface area (Å²) in [6, 6.07) is 8.49. The smallest absolute Gasteiger partial charge is 0.422 e. The van der Waals surface area contributed by atoms with Crippen LogP contribution in [0.4, 0.5) is 19.1 Å². The van der Waals surface area contributed by atoms with Crippen molar-refractivity contribution in [2.24, 2.45) is 0 Å². The van der Waals surface area contributed by atoms with E-state index in [2.05, 4.69) is 19.9 Å². The summed E-state index contributed by atoms with van der Waals surface area (Å²) in [5, 5.41) is 6.89. The van der Waals surface area contributed by atoms with Crippen LogP contribution in [0, 0.1) is 0 Å². The minimum atomic E-state index is -4.46. The zero-order chi connectivity index (χ0) is 13.9. The van der Waals surface area contributed by atoms with Crippen LogP contribution in [0.15, 0.2) is 30.3 Å². The molecule has 0 saturated carbocycles. The Kier molecular flexibility index (Phi) is 3.50. The van der Waals surface area contributed by atoms with E-state index in [0.29, 0.717) is 5.56 Å². The van der Waals surface area contributed by atoms with E-state index in [1.165, 1.54) is 0 Å². The molecule has 0 aliphatic heterocycles. The largest absolute Gasteiger partial charge is 0.465 e. The maximum atomic E-state index is 12.1. The molecule has 1 aromatic carbocycles. The summed E-state index contributed by atoms with van der Waals surface area (Å²) in [4.78, 5) is 3.86. The van der Waals surface area contributed by atoms with Gasteiger partial charge in [0.25, 0.3) is 5.88 Å². The number of rotatable bonds is 3. The van der Waals surface area contributed by atoms with Crippen molar-refractivity contribution in [3.63, 3.8) is 0 Å². The van der Waals surface area contributed by atoms with Crippen molar-refractivity contribution in [2.75, 3.05) is 12.3 Å². The van der Waals surface area contributed by atoms with Gasteiger partial charge < -0.3 is 10.5 Å². The lowest BCUT2D eigenvalue weighted by atomic mass is 10.1. The molecule has 0 unspecified atom stereocenters. The van der Waals surface area contributed by atoms with E-state index in [1.807, 2.05) is 0 Å². The molecule has 2 N–H and O–H groups in total. The van der Waals surface area contributed by atoms with E-state index in [0.717, 1.165) is 0 Å². The van der Waals surface area contributed by atoms with Crippen molar-refractivity contribution >= 4 is 5.95 Å². The molecule has 19 heavy (non-hydrogen) atoms. The summed E-state index contributed by atoms with van der Waals surface area (Å²) in [5.74, 6) is -0.448. The third-order valence-corrected chi connectivity index (χ3v) is 2.09. The van der Waals surface area contributed by atoms with Crippen LogP contribution >= 0.6 is 0 Å². The minimum Gasteiger partial charge on any atom is -0.465 e. The van der Waals surface area contributed by atoms with E-state index in [9.17, 15) is 13.2 Å². The summed E-state index contributed by atoms with van der Waals surface area (Å²) in [7, 11) is 0. The van der Waals surface area contributed by atoms with Crippen LogP contribution in [0.2, 0.25) is 0 Å². The fraction of sp³-hybridized carbons (Fsp3) is 0.182. The number of nitrogens with zero attached hydrogens (tertiary/aromatic N) is 3. The van der Waals surface area contributed by atoms with Crippen molar-refractivity contribution in [1.82, 2.24) is 15.2 Å². The Bertz CT molecular complexity index is 560. The third kappa shape index (κ3) is 3.54. The van der Waals surface area contributed by atoms with Gasteiger partial charge in [-0.05, 0) is 0 Å². The summed E-state index contributed by atoms with van der Waals surface area (Å²) in [5.41, 5.74) is 6.05. The highest BCUT2D eigenvalue weighted by Crippen LogP contribution is 2.27. The Morgan fingerprint density at radius 1 is 1.11 bits per heavy atom. The SMILES string of the molecule is Nc1nnc(OCC(F)(F)F)c(-c2ccccc2)n1. The van der Waals surface area contributed by atoms with Crippen molar-refractivity contribution in [1.29, 1.82) is 0 Å². The van der Waals surface area contributed by atoms with Gasteiger partial charge in [-0.3, -0.25) is 0 Å². The van der Waals surface area contributed by atoms with E-state index in [4.69, 9.17) is 5.73 Å². The molecule has 0 spiro atoms. The summed E-state index contributed by atoms with van der Waals surface area (Å²) in [6.45, 7) is -1.47. The number of aromatic nitrogens is 3. The summed E-state index contributed by atoms with van der Waals surface area (Å²) < 4.78 is 41.0. The number of hydrogen-bond acceptors (Lipinski definition) is 5. The minimum absolute atomic E-state index is 0.123. The Hall–Kier alpha value is -2.38. The standard InChI is InChI=1S/C11H9F3N4O/c12-11(13,14)6-19-9-8(16-10(15)18-17-9)7-4-2-1-3-5-7/h1-5H,6H2,(H2,15,16,18). The monoisotopic (exact) mass is 270 g/mol. The molecule has 0 atom stereocenters. The number of benzene rings is 1. The molecular weight excluding hydrogens is 261 g/mol. The second-order valence-corrected chi connectivity index (χ2v) is 3.59. The highest BCUT2D eigenvalue weighted by molar-refractivity contribution is 5.64. The Morgan fingerprint density at radius 2 is 1.79 bits per heavy atom. The second kappa shape index (κ2) is 5.09. The first kappa shape index (κ1) is 13.1. The van der Waals surface area contributed by atoms with Crippen molar-refractivity contribution in [2.45, 2.75) is 6.18 Å². The molecule has 0 radical (unpaired) electrons. The fourth-order valence-electron chi connectivity index (χ4n) is 1.36. The molecule has 0 aliphatic rings. The van der Waals surface area contributed by atoms with Gasteiger partial charge in [-0.25, -0.2) is 4.98 Å². The number of hydrogen-bond donors (Lipinski definition) is 1. The van der Waals surface area contributed by atoms with Gasteiger partial charge in [0.05, 0.1) is 0 Å². The van der Waals surface area contributed by atoms with Crippen LogP contribution in [0.5, 0.6) is 5.88 Å². The van der Waals surface area contributed by atoms with Gasteiger partial charge >= 0.3 is 6.18 Å². The first-order chi connectivity index (χ1) is 8.96. The van der Waals surface area contributed by atoms with E-state index >= 15 is 0 Å². The van der Waals surface area contributed by atoms with Crippen LogP contribution in [-0.2, 0) is 0 Å². The lowest BCUT2D eigenvalue weighted by Crippen LogP contribution is -2.20. The van der Waals surface area contributed by atoms with E-state index in [1.54, 1.807) is 30.3 Å². The number of halogens is 3. The number of nitrogens with two attached hydrogens (primary N) is 1. The predicted molar refractivity (Wildman–Crippen MR) is 61.2 cm³/mol. The Labute approximate surface area is 106 Å². The average molecular weight is 270 g/mol. The molecule has 0 fully saturated rings. The molecule has 2 rings (SSSR count). The van der Waals surface area contributed by atoms with Gasteiger partial charge in [-0.2, -0.15) is 13.2 Å². The van der Waals surface area contributed by atoms with Gasteiger partial charge in [0.2, 0.25) is 5.95 Å². The molecule has 8 heteroatoms. The molecule has 0 aliphatic carbocycles. The van der Waals surface area contributed by atoms with Crippen molar-refractivity contribution in [3.05, 3.63) is 30.3 Å². The molecule has 2 aromatic rings. The van der Waals surface area contributed by atoms with Crippen LogP contribution in [-0.4, -0.2) is 28.0 Å². The summed E-state index contributed by atoms with van der Waals surface area (Å²) >= 11 is 0. The highest BCUT2D eigenvalue weighted by atomic mass is 19.4. The molecule has 1 heterocycles. The Morgan fingerprint density at radius 3 is 2.42 bits per heavy atom. The second-order valence-electron chi connectivity index (χ2n) is 3.59. The molecule has 1 aromatic heterocycles. The quantitative estimate of drug-likeness (QED) is 0.924. The number of alkyl halides is 3. The van der Waals surface area contributed by atoms with Gasteiger partial charge in [0.1, 0.15) is 5.69 Å². The lowest BCUT2D eigenvalue weighted by molar-refractivity contribution is -0.154. The summed E-state index contributed by atoms with van der Waals surface area (Å²) in [6.07, 6.45) is -4.46. The first-order valence-corrected chi connectivity index (χ1v) is 5.21. The van der Waals surface area contributed by atoms with E-state index < -0.39 is 12.8 Å². The zero-order valence-electron chi connectivity index (χ0n) is 9.55. The highest BCUT2D eigenvalue weighted by Gasteiger charge is 2.29. The fourth-order valence-corrected chi connectivity index (χ4v) is 1.36. The van der Waals surface area contributed by atoms with Crippen molar-refractivity contribution in [3.8, 4) is 17.1 Å². The van der Waals surface area contributed by atoms with Gasteiger partial charge in [0, 0.05) is 5.56 Å². The normalized spacial score (nSPS) is 11.3. The van der Waals surface area contributed by atoms with Gasteiger partial charge in [0.15, 0.2) is 6.61 Å². The maximum Gasteiger partial charge on any atom is 0.422 e. The van der Waals surface area contributed by atoms with E-state index in [-0.39, 0.29) is 17.5 Å². The number of anilines is 1. The Balaban J connectivity index is 2.34.